The average molecular weight is 265 g/mol. The summed E-state index contributed by atoms with van der Waals surface area (Å²) in [5.41, 5.74) is 4.27. The van der Waals surface area contributed by atoms with Gasteiger partial charge in [0.15, 0.2) is 5.78 Å². The minimum atomic E-state index is 0.0255. The van der Waals surface area contributed by atoms with Crippen molar-refractivity contribution in [1.29, 1.82) is 0 Å². The number of hydrogen-bond donors (Lipinski definition) is 2. The van der Waals surface area contributed by atoms with Crippen LogP contribution in [0.4, 0.5) is 0 Å². The van der Waals surface area contributed by atoms with Crippen LogP contribution in [0.5, 0.6) is 0 Å². The second kappa shape index (κ2) is 5.27. The number of imidazole rings is 1. The van der Waals surface area contributed by atoms with Crippen molar-refractivity contribution in [3.63, 3.8) is 0 Å². The van der Waals surface area contributed by atoms with Crippen molar-refractivity contribution in [2.24, 2.45) is 0 Å². The van der Waals surface area contributed by atoms with Crippen LogP contribution < -0.4 is 5.32 Å². The van der Waals surface area contributed by atoms with Crippen LogP contribution in [0.3, 0.4) is 0 Å². The van der Waals surface area contributed by atoms with Crippen molar-refractivity contribution >= 4 is 16.8 Å². The molecule has 3 rings (SSSR count). The third-order valence-electron chi connectivity index (χ3n) is 3.28. The monoisotopic (exact) mass is 265 g/mol. The highest BCUT2D eigenvalue weighted by Crippen LogP contribution is 2.16. The van der Waals surface area contributed by atoms with Gasteiger partial charge >= 0.3 is 0 Å². The summed E-state index contributed by atoms with van der Waals surface area (Å²) in [5, 5.41) is 3.09. The van der Waals surface area contributed by atoms with Gasteiger partial charge in [-0.3, -0.25) is 4.79 Å². The predicted octanol–water partition coefficient (Wildman–Crippen LogP) is 2.51. The summed E-state index contributed by atoms with van der Waals surface area (Å²) in [5.74, 6) is 0.0255. The summed E-state index contributed by atoms with van der Waals surface area (Å²) in [7, 11) is 1.90. The molecule has 4 heteroatoms. The van der Waals surface area contributed by atoms with E-state index in [4.69, 9.17) is 0 Å². The molecule has 20 heavy (non-hydrogen) atoms. The molecule has 0 saturated carbocycles. The molecule has 2 aromatic carbocycles. The number of carbonyl (C=O) groups is 1. The lowest BCUT2D eigenvalue weighted by atomic mass is 10.0. The lowest BCUT2D eigenvalue weighted by Crippen LogP contribution is -2.06. The molecule has 0 atom stereocenters. The Morgan fingerprint density at radius 3 is 2.65 bits per heavy atom. The van der Waals surface area contributed by atoms with E-state index >= 15 is 0 Å². The van der Waals surface area contributed by atoms with E-state index in [1.807, 2.05) is 49.5 Å². The van der Waals surface area contributed by atoms with Crippen molar-refractivity contribution in [3.8, 4) is 0 Å². The van der Waals surface area contributed by atoms with E-state index in [9.17, 15) is 4.79 Å². The number of aromatic amines is 1. The number of rotatable bonds is 4. The van der Waals surface area contributed by atoms with Crippen LogP contribution in [0.25, 0.3) is 11.0 Å². The highest BCUT2D eigenvalue weighted by Gasteiger charge is 2.10. The molecule has 0 aliphatic heterocycles. The SMILES string of the molecule is CNCc1ccc(C(=O)c2ccc3nc[nH]c3c2)cc1. The van der Waals surface area contributed by atoms with Crippen molar-refractivity contribution in [3.05, 3.63) is 65.5 Å². The Labute approximate surface area is 116 Å². The summed E-state index contributed by atoms with van der Waals surface area (Å²) in [4.78, 5) is 19.6. The molecule has 0 radical (unpaired) electrons. The zero-order valence-corrected chi connectivity index (χ0v) is 11.2. The van der Waals surface area contributed by atoms with Gasteiger partial charge in [-0.15, -0.1) is 0 Å². The molecule has 0 amide bonds. The van der Waals surface area contributed by atoms with Gasteiger partial charge in [-0.05, 0) is 30.8 Å². The predicted molar refractivity (Wildman–Crippen MR) is 78.7 cm³/mol. The molecule has 100 valence electrons. The Morgan fingerprint density at radius 1 is 1.15 bits per heavy atom. The van der Waals surface area contributed by atoms with E-state index in [2.05, 4.69) is 15.3 Å². The number of H-pyrrole nitrogens is 1. The quantitative estimate of drug-likeness (QED) is 0.713. The van der Waals surface area contributed by atoms with Crippen LogP contribution >= 0.6 is 0 Å². The molecule has 0 saturated heterocycles. The third kappa shape index (κ3) is 2.33. The van der Waals surface area contributed by atoms with E-state index in [0.29, 0.717) is 11.1 Å². The number of ketones is 1. The first-order valence-electron chi connectivity index (χ1n) is 6.49. The fraction of sp³-hybridized carbons (Fsp3) is 0.125. The fourth-order valence-corrected chi connectivity index (χ4v) is 2.22. The second-order valence-electron chi connectivity index (χ2n) is 4.69. The third-order valence-corrected chi connectivity index (χ3v) is 3.28. The maximum Gasteiger partial charge on any atom is 0.193 e. The van der Waals surface area contributed by atoms with Crippen LogP contribution in [0.1, 0.15) is 21.5 Å². The first-order chi connectivity index (χ1) is 9.78. The zero-order valence-electron chi connectivity index (χ0n) is 11.2. The van der Waals surface area contributed by atoms with E-state index in [1.165, 1.54) is 0 Å². The van der Waals surface area contributed by atoms with E-state index in [-0.39, 0.29) is 5.78 Å². The molecule has 1 heterocycles. The van der Waals surface area contributed by atoms with Crippen molar-refractivity contribution in [2.45, 2.75) is 6.54 Å². The normalized spacial score (nSPS) is 10.8. The van der Waals surface area contributed by atoms with Crippen LogP contribution in [-0.4, -0.2) is 22.8 Å². The molecule has 1 aromatic heterocycles. The summed E-state index contributed by atoms with van der Waals surface area (Å²) in [6.45, 7) is 0.800. The minimum absolute atomic E-state index is 0.0255. The summed E-state index contributed by atoms with van der Waals surface area (Å²) in [6.07, 6.45) is 1.63. The Kier molecular flexibility index (Phi) is 3.31. The molecule has 0 aliphatic rings. The molecule has 0 fully saturated rings. The Morgan fingerprint density at radius 2 is 1.90 bits per heavy atom. The molecular formula is C16H15N3O. The first kappa shape index (κ1) is 12.6. The van der Waals surface area contributed by atoms with Gasteiger partial charge in [0.2, 0.25) is 0 Å². The molecule has 0 spiro atoms. The number of carbonyl (C=O) groups excluding carboxylic acids is 1. The van der Waals surface area contributed by atoms with Gasteiger partial charge in [-0.25, -0.2) is 4.98 Å². The number of hydrogen-bond acceptors (Lipinski definition) is 3. The highest BCUT2D eigenvalue weighted by atomic mass is 16.1. The van der Waals surface area contributed by atoms with E-state index < -0.39 is 0 Å². The van der Waals surface area contributed by atoms with Crippen LogP contribution in [-0.2, 0) is 6.54 Å². The fourth-order valence-electron chi connectivity index (χ4n) is 2.22. The zero-order chi connectivity index (χ0) is 13.9. The van der Waals surface area contributed by atoms with E-state index in [0.717, 1.165) is 23.1 Å². The average Bonchev–Trinajstić information content (AvgIpc) is 2.95. The number of fused-ring (bicyclic) bond motifs is 1. The maximum atomic E-state index is 12.4. The summed E-state index contributed by atoms with van der Waals surface area (Å²) < 4.78 is 0. The van der Waals surface area contributed by atoms with Gasteiger partial charge in [0.25, 0.3) is 0 Å². The maximum absolute atomic E-state index is 12.4. The topological polar surface area (TPSA) is 57.8 Å². The lowest BCUT2D eigenvalue weighted by molar-refractivity contribution is 0.103. The Hall–Kier alpha value is -2.46. The Balaban J connectivity index is 1.90. The molecule has 0 unspecified atom stereocenters. The molecule has 2 N–H and O–H groups in total. The molecule has 4 nitrogen and oxygen atoms in total. The van der Waals surface area contributed by atoms with Crippen molar-refractivity contribution < 1.29 is 4.79 Å². The number of nitrogens with one attached hydrogen (secondary N) is 2. The number of aromatic nitrogens is 2. The lowest BCUT2D eigenvalue weighted by Gasteiger charge is -2.04. The smallest absolute Gasteiger partial charge is 0.193 e. The van der Waals surface area contributed by atoms with Gasteiger partial charge in [-0.1, -0.05) is 24.3 Å². The van der Waals surface area contributed by atoms with Gasteiger partial charge in [0.1, 0.15) is 0 Å². The van der Waals surface area contributed by atoms with E-state index in [1.54, 1.807) is 6.33 Å². The van der Waals surface area contributed by atoms with Gasteiger partial charge in [0, 0.05) is 17.7 Å². The van der Waals surface area contributed by atoms with Crippen LogP contribution in [0, 0.1) is 0 Å². The van der Waals surface area contributed by atoms with Gasteiger partial charge < -0.3 is 10.3 Å². The van der Waals surface area contributed by atoms with Crippen molar-refractivity contribution in [1.82, 2.24) is 15.3 Å². The number of benzene rings is 2. The second-order valence-corrected chi connectivity index (χ2v) is 4.69. The van der Waals surface area contributed by atoms with Gasteiger partial charge in [0.05, 0.1) is 17.4 Å². The standard InChI is InChI=1S/C16H15N3O/c1-17-9-11-2-4-12(5-3-11)16(20)13-6-7-14-15(8-13)19-10-18-14/h2-8,10,17H,9H2,1H3,(H,18,19). The molecule has 0 bridgehead atoms. The highest BCUT2D eigenvalue weighted by molar-refractivity contribution is 6.10. The van der Waals surface area contributed by atoms with Gasteiger partial charge in [-0.2, -0.15) is 0 Å². The van der Waals surface area contributed by atoms with Crippen LogP contribution in [0.2, 0.25) is 0 Å². The summed E-state index contributed by atoms with van der Waals surface area (Å²) in [6, 6.07) is 13.2. The molecule has 0 aliphatic carbocycles. The number of nitrogens with zero attached hydrogens (tertiary/aromatic N) is 1. The minimum Gasteiger partial charge on any atom is -0.345 e. The van der Waals surface area contributed by atoms with Crippen molar-refractivity contribution in [2.75, 3.05) is 7.05 Å². The summed E-state index contributed by atoms with van der Waals surface area (Å²) >= 11 is 0. The molecule has 3 aromatic rings. The first-order valence-corrected chi connectivity index (χ1v) is 6.49. The molecular weight excluding hydrogens is 250 g/mol. The van der Waals surface area contributed by atoms with Crippen LogP contribution in [0.15, 0.2) is 48.8 Å². The largest absolute Gasteiger partial charge is 0.345 e. The Bertz CT molecular complexity index is 744.